The molecule has 1 aliphatic rings. The Morgan fingerprint density at radius 2 is 1.43 bits per heavy atom. The Balaban J connectivity index is 1.65. The van der Waals surface area contributed by atoms with Crippen molar-refractivity contribution in [1.82, 2.24) is 0 Å². The highest BCUT2D eigenvalue weighted by atomic mass is 16.5. The van der Waals surface area contributed by atoms with Gasteiger partial charge in [-0.25, -0.2) is 4.99 Å². The first-order valence-electron chi connectivity index (χ1n) is 11.7. The number of carbonyl (C=O) groups is 1. The van der Waals surface area contributed by atoms with Gasteiger partial charge >= 0.3 is 0 Å². The fraction of sp³-hybridized carbons (Fsp3) is 0.161. The van der Waals surface area contributed by atoms with Gasteiger partial charge in [-0.1, -0.05) is 74.9 Å². The Kier molecular flexibility index (Phi) is 5.52. The first-order valence-corrected chi connectivity index (χ1v) is 11.7. The van der Waals surface area contributed by atoms with E-state index in [9.17, 15) is 9.90 Å². The second-order valence-corrected chi connectivity index (χ2v) is 9.88. The largest absolute Gasteiger partial charge is 0.507 e. The van der Waals surface area contributed by atoms with Crippen molar-refractivity contribution in [2.24, 2.45) is 4.99 Å². The minimum absolute atomic E-state index is 0.0245. The Hall–Kier alpha value is -4.18. The normalized spacial score (nSPS) is 13.9. The molecule has 0 heterocycles. The standard InChI is InChI=1S/C31H27NO3/c1-19-11-15-21(16-12-19)32-29-23-7-6-10-26(35-22-17-13-20(14-18-22)31(2,3)4)28(23)30(34)24-8-5-9-25(33)27(24)29/h5-18,33H,1-4H3. The molecule has 4 aromatic carbocycles. The highest BCUT2D eigenvalue weighted by Crippen LogP contribution is 2.39. The van der Waals surface area contributed by atoms with Crippen molar-refractivity contribution in [2.45, 2.75) is 33.1 Å². The molecule has 0 saturated heterocycles. The summed E-state index contributed by atoms with van der Waals surface area (Å²) in [5.41, 5.74) is 5.57. The van der Waals surface area contributed by atoms with Crippen LogP contribution in [-0.2, 0) is 5.41 Å². The molecule has 0 fully saturated rings. The number of hydrogen-bond acceptors (Lipinski definition) is 4. The van der Waals surface area contributed by atoms with E-state index in [-0.39, 0.29) is 16.9 Å². The van der Waals surface area contributed by atoms with Crippen LogP contribution in [0.4, 0.5) is 5.69 Å². The molecule has 0 radical (unpaired) electrons. The van der Waals surface area contributed by atoms with Gasteiger partial charge in [0.25, 0.3) is 0 Å². The highest BCUT2D eigenvalue weighted by molar-refractivity contribution is 6.32. The first-order chi connectivity index (χ1) is 16.7. The lowest BCUT2D eigenvalue weighted by Crippen LogP contribution is -2.22. The summed E-state index contributed by atoms with van der Waals surface area (Å²) < 4.78 is 6.24. The lowest BCUT2D eigenvalue weighted by Gasteiger charge is -2.24. The van der Waals surface area contributed by atoms with E-state index in [0.717, 1.165) is 11.3 Å². The van der Waals surface area contributed by atoms with Gasteiger partial charge in [-0.05, 0) is 54.3 Å². The third-order valence-electron chi connectivity index (χ3n) is 6.26. The number of phenols is 1. The summed E-state index contributed by atoms with van der Waals surface area (Å²) in [5, 5.41) is 10.7. The van der Waals surface area contributed by atoms with E-state index in [2.05, 4.69) is 20.8 Å². The molecule has 1 N–H and O–H groups in total. The van der Waals surface area contributed by atoms with Crippen LogP contribution < -0.4 is 4.74 Å². The van der Waals surface area contributed by atoms with E-state index in [1.54, 1.807) is 24.3 Å². The van der Waals surface area contributed by atoms with Crippen molar-refractivity contribution in [3.63, 3.8) is 0 Å². The summed E-state index contributed by atoms with van der Waals surface area (Å²) in [6.07, 6.45) is 0. The molecule has 0 aromatic heterocycles. The van der Waals surface area contributed by atoms with Crippen LogP contribution in [0.15, 0.2) is 89.9 Å². The zero-order valence-corrected chi connectivity index (χ0v) is 20.3. The molecule has 0 saturated carbocycles. The number of rotatable bonds is 3. The molecule has 0 unspecified atom stereocenters. The number of carbonyl (C=O) groups excluding carboxylic acids is 1. The number of fused-ring (bicyclic) bond motifs is 2. The van der Waals surface area contributed by atoms with Crippen molar-refractivity contribution < 1.29 is 14.6 Å². The lowest BCUT2D eigenvalue weighted by atomic mass is 9.82. The van der Waals surface area contributed by atoms with E-state index in [1.165, 1.54) is 5.56 Å². The van der Waals surface area contributed by atoms with Gasteiger partial charge in [-0.2, -0.15) is 0 Å². The van der Waals surface area contributed by atoms with Gasteiger partial charge in [0.15, 0.2) is 5.78 Å². The summed E-state index contributed by atoms with van der Waals surface area (Å²) in [5.74, 6) is 0.937. The van der Waals surface area contributed by atoms with E-state index >= 15 is 0 Å². The summed E-state index contributed by atoms with van der Waals surface area (Å²) in [6, 6.07) is 26.2. The summed E-state index contributed by atoms with van der Waals surface area (Å²) in [7, 11) is 0. The molecule has 35 heavy (non-hydrogen) atoms. The molecule has 4 aromatic rings. The topological polar surface area (TPSA) is 58.9 Å². The number of nitrogens with zero attached hydrogens (tertiary/aromatic N) is 1. The summed E-state index contributed by atoms with van der Waals surface area (Å²) in [4.78, 5) is 18.5. The lowest BCUT2D eigenvalue weighted by molar-refractivity contribution is 0.103. The molecule has 4 heteroatoms. The van der Waals surface area contributed by atoms with E-state index in [0.29, 0.717) is 39.5 Å². The number of aryl methyl sites for hydroxylation is 1. The van der Waals surface area contributed by atoms with Crippen LogP contribution in [0, 0.1) is 6.92 Å². The molecular formula is C31H27NO3. The van der Waals surface area contributed by atoms with E-state index in [4.69, 9.17) is 9.73 Å². The number of phenolic OH excluding ortho intramolecular Hbond substituents is 1. The zero-order chi connectivity index (χ0) is 24.7. The molecule has 0 amide bonds. The Morgan fingerprint density at radius 3 is 2.11 bits per heavy atom. The second kappa shape index (κ2) is 8.55. The maximum absolute atomic E-state index is 13.7. The van der Waals surface area contributed by atoms with Crippen LogP contribution in [0.2, 0.25) is 0 Å². The molecule has 174 valence electrons. The zero-order valence-electron chi connectivity index (χ0n) is 20.3. The molecule has 5 rings (SSSR count). The Labute approximate surface area is 205 Å². The predicted octanol–water partition coefficient (Wildman–Crippen LogP) is 7.50. The SMILES string of the molecule is Cc1ccc(N=C2c3cccc(Oc4ccc(C(C)(C)C)cc4)c3C(=O)c3cccc(O)c32)cc1. The van der Waals surface area contributed by atoms with Crippen LogP contribution >= 0.6 is 0 Å². The monoisotopic (exact) mass is 461 g/mol. The average molecular weight is 462 g/mol. The molecular weight excluding hydrogens is 434 g/mol. The molecule has 0 spiro atoms. The van der Waals surface area contributed by atoms with Crippen molar-refractivity contribution in [2.75, 3.05) is 0 Å². The number of benzene rings is 4. The fourth-order valence-electron chi connectivity index (χ4n) is 4.31. The number of aliphatic imine (C=N–C) groups is 1. The Bertz CT molecular complexity index is 1460. The van der Waals surface area contributed by atoms with Crippen molar-refractivity contribution in [3.8, 4) is 17.2 Å². The van der Waals surface area contributed by atoms with Crippen LogP contribution in [0.25, 0.3) is 0 Å². The highest BCUT2D eigenvalue weighted by Gasteiger charge is 2.33. The molecule has 4 nitrogen and oxygen atoms in total. The van der Waals surface area contributed by atoms with Crippen LogP contribution in [0.5, 0.6) is 17.2 Å². The third kappa shape index (κ3) is 4.24. The van der Waals surface area contributed by atoms with Crippen LogP contribution in [-0.4, -0.2) is 16.6 Å². The van der Waals surface area contributed by atoms with Gasteiger partial charge in [-0.3, -0.25) is 4.79 Å². The van der Waals surface area contributed by atoms with Gasteiger partial charge in [-0.15, -0.1) is 0 Å². The fourth-order valence-corrected chi connectivity index (χ4v) is 4.31. The van der Waals surface area contributed by atoms with E-state index < -0.39 is 0 Å². The number of hydrogen-bond donors (Lipinski definition) is 1. The van der Waals surface area contributed by atoms with Gasteiger partial charge in [0.1, 0.15) is 17.2 Å². The number of aromatic hydroxyl groups is 1. The maximum Gasteiger partial charge on any atom is 0.198 e. The minimum Gasteiger partial charge on any atom is -0.507 e. The smallest absolute Gasteiger partial charge is 0.198 e. The van der Waals surface area contributed by atoms with Gasteiger partial charge in [0.2, 0.25) is 0 Å². The van der Waals surface area contributed by atoms with Gasteiger partial charge in [0.05, 0.1) is 22.5 Å². The summed E-state index contributed by atoms with van der Waals surface area (Å²) in [6.45, 7) is 8.51. The molecule has 0 atom stereocenters. The molecule has 0 aliphatic heterocycles. The molecule has 0 bridgehead atoms. The van der Waals surface area contributed by atoms with Gasteiger partial charge in [0, 0.05) is 11.1 Å². The van der Waals surface area contributed by atoms with Crippen molar-refractivity contribution in [3.05, 3.63) is 118 Å². The average Bonchev–Trinajstić information content (AvgIpc) is 2.83. The van der Waals surface area contributed by atoms with Crippen LogP contribution in [0.3, 0.4) is 0 Å². The van der Waals surface area contributed by atoms with E-state index in [1.807, 2.05) is 67.6 Å². The second-order valence-electron chi connectivity index (χ2n) is 9.88. The van der Waals surface area contributed by atoms with Gasteiger partial charge < -0.3 is 9.84 Å². The quantitative estimate of drug-likeness (QED) is 0.302. The van der Waals surface area contributed by atoms with Crippen molar-refractivity contribution in [1.29, 1.82) is 0 Å². The molecule has 1 aliphatic carbocycles. The van der Waals surface area contributed by atoms with Crippen molar-refractivity contribution >= 4 is 17.2 Å². The summed E-state index contributed by atoms with van der Waals surface area (Å²) >= 11 is 0. The maximum atomic E-state index is 13.7. The predicted molar refractivity (Wildman–Crippen MR) is 140 cm³/mol. The number of ketones is 1. The first kappa shape index (κ1) is 22.6. The Morgan fingerprint density at radius 1 is 0.771 bits per heavy atom. The minimum atomic E-state index is -0.198. The van der Waals surface area contributed by atoms with Crippen LogP contribution in [0.1, 0.15) is 58.9 Å². The number of ether oxygens (including phenoxy) is 1. The third-order valence-corrected chi connectivity index (χ3v) is 6.26.